The van der Waals surface area contributed by atoms with E-state index in [9.17, 15) is 19.2 Å². The summed E-state index contributed by atoms with van der Waals surface area (Å²) in [6.07, 6.45) is 4.78. The monoisotopic (exact) mass is 381 g/mol. The lowest BCUT2D eigenvalue weighted by atomic mass is 10.0. The minimum Gasteiger partial charge on any atom is -0.353 e. The van der Waals surface area contributed by atoms with Crippen LogP contribution in [0.2, 0.25) is 0 Å². The van der Waals surface area contributed by atoms with Gasteiger partial charge in [-0.2, -0.15) is 0 Å². The predicted octanol–water partition coefficient (Wildman–Crippen LogP) is -0.214. The van der Waals surface area contributed by atoms with Gasteiger partial charge in [0.15, 0.2) is 0 Å². The van der Waals surface area contributed by atoms with Crippen LogP contribution in [0.4, 0.5) is 4.79 Å². The van der Waals surface area contributed by atoms with E-state index in [1.54, 1.807) is 13.0 Å². The highest BCUT2D eigenvalue weighted by atomic mass is 16.2. The third-order valence-electron chi connectivity index (χ3n) is 4.22. The highest BCUT2D eigenvalue weighted by Gasteiger charge is 2.28. The van der Waals surface area contributed by atoms with Crippen LogP contribution >= 0.6 is 0 Å². The molecule has 0 bridgehead atoms. The van der Waals surface area contributed by atoms with Crippen LogP contribution in [0.25, 0.3) is 0 Å². The normalized spacial score (nSPS) is 23.7. The summed E-state index contributed by atoms with van der Waals surface area (Å²) in [5.74, 6) is -1.06. The molecule has 9 nitrogen and oxygen atoms in total. The molecule has 1 aliphatic rings. The summed E-state index contributed by atoms with van der Waals surface area (Å²) in [5, 5.41) is 13.3. The SMILES string of the molecule is CNC(=O)N[C@H](C(=O)N[C@H]1CCCCNC(=O)/C=C/[C@H](C)NC1=O)C(C)C. The Labute approximate surface area is 160 Å². The van der Waals surface area contributed by atoms with Gasteiger partial charge in [0.25, 0.3) is 0 Å². The van der Waals surface area contributed by atoms with E-state index < -0.39 is 24.0 Å². The molecule has 0 saturated heterocycles. The lowest BCUT2D eigenvalue weighted by Gasteiger charge is -2.26. The van der Waals surface area contributed by atoms with Gasteiger partial charge >= 0.3 is 6.03 Å². The summed E-state index contributed by atoms with van der Waals surface area (Å²) in [5.41, 5.74) is 0. The Morgan fingerprint density at radius 3 is 2.56 bits per heavy atom. The van der Waals surface area contributed by atoms with Crippen molar-refractivity contribution in [2.75, 3.05) is 13.6 Å². The van der Waals surface area contributed by atoms with Crippen LogP contribution in [0.15, 0.2) is 12.2 Å². The Hall–Kier alpha value is -2.58. The van der Waals surface area contributed by atoms with E-state index >= 15 is 0 Å². The van der Waals surface area contributed by atoms with Crippen molar-refractivity contribution in [1.29, 1.82) is 0 Å². The summed E-state index contributed by atoms with van der Waals surface area (Å²) in [6, 6.07) is -2.28. The second-order valence-electron chi connectivity index (χ2n) is 6.95. The zero-order valence-corrected chi connectivity index (χ0v) is 16.4. The zero-order chi connectivity index (χ0) is 20.4. The molecule has 5 N–H and O–H groups in total. The highest BCUT2D eigenvalue weighted by Crippen LogP contribution is 2.07. The van der Waals surface area contributed by atoms with Crippen LogP contribution in [0, 0.1) is 5.92 Å². The van der Waals surface area contributed by atoms with Crippen LogP contribution in [-0.4, -0.2) is 55.5 Å². The minimum atomic E-state index is -0.754. The van der Waals surface area contributed by atoms with Gasteiger partial charge in [-0.3, -0.25) is 14.4 Å². The summed E-state index contributed by atoms with van der Waals surface area (Å²) >= 11 is 0. The van der Waals surface area contributed by atoms with Gasteiger partial charge in [0, 0.05) is 25.7 Å². The second-order valence-corrected chi connectivity index (χ2v) is 6.95. The first kappa shape index (κ1) is 22.5. The van der Waals surface area contributed by atoms with E-state index in [-0.39, 0.29) is 23.8 Å². The molecule has 1 rings (SSSR count). The number of urea groups is 1. The van der Waals surface area contributed by atoms with Gasteiger partial charge < -0.3 is 26.6 Å². The first-order valence-corrected chi connectivity index (χ1v) is 9.29. The quantitative estimate of drug-likeness (QED) is 0.461. The van der Waals surface area contributed by atoms with E-state index in [0.717, 1.165) is 0 Å². The highest BCUT2D eigenvalue weighted by molar-refractivity contribution is 5.92. The van der Waals surface area contributed by atoms with Crippen molar-refractivity contribution < 1.29 is 19.2 Å². The number of carbonyl (C=O) groups excluding carboxylic acids is 4. The number of hydrogen-bond acceptors (Lipinski definition) is 4. The molecule has 27 heavy (non-hydrogen) atoms. The van der Waals surface area contributed by atoms with Crippen LogP contribution in [0.3, 0.4) is 0 Å². The molecule has 9 heteroatoms. The van der Waals surface area contributed by atoms with Gasteiger partial charge in [-0.1, -0.05) is 19.9 Å². The standard InChI is InChI=1S/C18H31N5O4/c1-11(2)15(23-18(27)19-4)17(26)22-13-7-5-6-10-20-14(24)9-8-12(3)21-16(13)25/h8-9,11-13,15H,5-7,10H2,1-4H3,(H,20,24)(H,21,25)(H,22,26)(H2,19,23,27)/b9-8+/t12-,13-,15-/m0/s1. The molecule has 0 aromatic heterocycles. The number of nitrogens with one attached hydrogen (secondary N) is 5. The summed E-state index contributed by atoms with van der Waals surface area (Å²) in [7, 11) is 1.47. The van der Waals surface area contributed by atoms with E-state index in [2.05, 4.69) is 26.6 Å². The lowest BCUT2D eigenvalue weighted by molar-refractivity contribution is -0.130. The van der Waals surface area contributed by atoms with Crippen molar-refractivity contribution in [3.63, 3.8) is 0 Å². The van der Waals surface area contributed by atoms with Crippen molar-refractivity contribution in [3.05, 3.63) is 12.2 Å². The Morgan fingerprint density at radius 1 is 1.22 bits per heavy atom. The topological polar surface area (TPSA) is 128 Å². The van der Waals surface area contributed by atoms with E-state index in [4.69, 9.17) is 0 Å². The van der Waals surface area contributed by atoms with E-state index in [0.29, 0.717) is 25.8 Å². The molecule has 1 aliphatic heterocycles. The van der Waals surface area contributed by atoms with Crippen LogP contribution < -0.4 is 26.6 Å². The Morgan fingerprint density at radius 2 is 1.93 bits per heavy atom. The van der Waals surface area contributed by atoms with Crippen LogP contribution in [-0.2, 0) is 14.4 Å². The molecule has 0 aromatic rings. The molecule has 0 radical (unpaired) electrons. The number of rotatable bonds is 4. The average Bonchev–Trinajstić information content (AvgIpc) is 2.61. The van der Waals surface area contributed by atoms with E-state index in [1.165, 1.54) is 13.1 Å². The lowest BCUT2D eigenvalue weighted by Crippen LogP contribution is -2.57. The first-order valence-electron chi connectivity index (χ1n) is 9.29. The maximum atomic E-state index is 12.6. The Bertz CT molecular complexity index is 576. The van der Waals surface area contributed by atoms with Crippen molar-refractivity contribution in [2.45, 2.75) is 58.2 Å². The molecular weight excluding hydrogens is 350 g/mol. The largest absolute Gasteiger partial charge is 0.353 e. The fraction of sp³-hybridized carbons (Fsp3) is 0.667. The van der Waals surface area contributed by atoms with Crippen LogP contribution in [0.5, 0.6) is 0 Å². The molecule has 0 fully saturated rings. The summed E-state index contributed by atoms with van der Waals surface area (Å²) in [6.45, 7) is 5.89. The molecule has 0 unspecified atom stereocenters. The van der Waals surface area contributed by atoms with Crippen LogP contribution in [0.1, 0.15) is 40.0 Å². The number of carbonyl (C=O) groups is 4. The fourth-order valence-corrected chi connectivity index (χ4v) is 2.63. The van der Waals surface area contributed by atoms with Crippen molar-refractivity contribution in [2.24, 2.45) is 5.92 Å². The fourth-order valence-electron chi connectivity index (χ4n) is 2.63. The molecular formula is C18H31N5O4. The Balaban J connectivity index is 2.84. The third-order valence-corrected chi connectivity index (χ3v) is 4.22. The molecule has 152 valence electrons. The Kier molecular flexibility index (Phi) is 9.32. The summed E-state index contributed by atoms with van der Waals surface area (Å²) in [4.78, 5) is 48.4. The third kappa shape index (κ3) is 8.10. The molecule has 5 amide bonds. The van der Waals surface area contributed by atoms with E-state index in [1.807, 2.05) is 13.8 Å². The van der Waals surface area contributed by atoms with Crippen molar-refractivity contribution in [3.8, 4) is 0 Å². The molecule has 1 heterocycles. The minimum absolute atomic E-state index is 0.145. The molecule has 0 aromatic carbocycles. The second kappa shape index (κ2) is 11.2. The maximum Gasteiger partial charge on any atom is 0.315 e. The van der Waals surface area contributed by atoms with Gasteiger partial charge in [-0.05, 0) is 32.1 Å². The van der Waals surface area contributed by atoms with Gasteiger partial charge in [0.1, 0.15) is 12.1 Å². The number of amides is 5. The predicted molar refractivity (Wildman–Crippen MR) is 102 cm³/mol. The van der Waals surface area contributed by atoms with Crippen molar-refractivity contribution >= 4 is 23.8 Å². The summed E-state index contributed by atoms with van der Waals surface area (Å²) < 4.78 is 0. The smallest absolute Gasteiger partial charge is 0.315 e. The molecule has 0 saturated carbocycles. The molecule has 3 atom stereocenters. The maximum absolute atomic E-state index is 12.6. The van der Waals surface area contributed by atoms with Gasteiger partial charge in [-0.15, -0.1) is 0 Å². The van der Waals surface area contributed by atoms with Gasteiger partial charge in [0.2, 0.25) is 17.7 Å². The van der Waals surface area contributed by atoms with Gasteiger partial charge in [0.05, 0.1) is 0 Å². The molecule has 0 spiro atoms. The van der Waals surface area contributed by atoms with Gasteiger partial charge in [-0.25, -0.2) is 4.79 Å². The average molecular weight is 381 g/mol. The number of hydrogen-bond donors (Lipinski definition) is 5. The first-order chi connectivity index (χ1) is 12.7. The van der Waals surface area contributed by atoms with Crippen molar-refractivity contribution in [1.82, 2.24) is 26.6 Å². The zero-order valence-electron chi connectivity index (χ0n) is 16.4. The molecule has 0 aliphatic carbocycles.